The van der Waals surface area contributed by atoms with Crippen molar-refractivity contribution in [1.29, 1.82) is 0 Å². The molecule has 2 aliphatic heterocycles. The first kappa shape index (κ1) is 19.4. The predicted octanol–water partition coefficient (Wildman–Crippen LogP) is 3.26. The molecule has 0 saturated carbocycles. The van der Waals surface area contributed by atoms with Crippen molar-refractivity contribution in [1.82, 2.24) is 10.2 Å². The second-order valence-corrected chi connectivity index (χ2v) is 7.97. The van der Waals surface area contributed by atoms with E-state index in [-0.39, 0.29) is 0 Å². The topological polar surface area (TPSA) is 41.6 Å². The van der Waals surface area contributed by atoms with E-state index in [1.807, 2.05) is 6.07 Å². The summed E-state index contributed by atoms with van der Waals surface area (Å²) in [5, 5.41) is 3.46. The number of piperidine rings is 2. The smallest absolute Gasteiger partial charge is 0.222 e. The van der Waals surface area contributed by atoms with Gasteiger partial charge >= 0.3 is 0 Å². The minimum atomic E-state index is 0.308. The van der Waals surface area contributed by atoms with Crippen LogP contribution in [0.2, 0.25) is 0 Å². The van der Waals surface area contributed by atoms with E-state index in [1.54, 1.807) is 0 Å². The van der Waals surface area contributed by atoms with Gasteiger partial charge in [-0.2, -0.15) is 0 Å². The zero-order chi connectivity index (χ0) is 18.2. The van der Waals surface area contributed by atoms with Gasteiger partial charge in [-0.05, 0) is 62.6 Å². The zero-order valence-electron chi connectivity index (χ0n) is 16.2. The Kier molecular flexibility index (Phi) is 7.51. The van der Waals surface area contributed by atoms with Crippen LogP contribution in [0.4, 0.5) is 0 Å². The van der Waals surface area contributed by atoms with Gasteiger partial charge in [-0.1, -0.05) is 37.3 Å². The van der Waals surface area contributed by atoms with Gasteiger partial charge in [0.1, 0.15) is 0 Å². The Hall–Kier alpha value is -1.39. The minimum Gasteiger partial charge on any atom is -0.378 e. The van der Waals surface area contributed by atoms with E-state index < -0.39 is 0 Å². The van der Waals surface area contributed by atoms with Crippen LogP contribution in [-0.4, -0.2) is 49.7 Å². The lowest BCUT2D eigenvalue weighted by Gasteiger charge is -2.34. The fraction of sp³-hybridized carbons (Fsp3) is 0.682. The van der Waals surface area contributed by atoms with Crippen molar-refractivity contribution in [3.05, 3.63) is 35.9 Å². The van der Waals surface area contributed by atoms with Crippen LogP contribution in [-0.2, 0) is 16.0 Å². The molecule has 2 heterocycles. The highest BCUT2D eigenvalue weighted by atomic mass is 16.5. The van der Waals surface area contributed by atoms with Crippen molar-refractivity contribution in [2.45, 2.75) is 51.6 Å². The van der Waals surface area contributed by atoms with Crippen molar-refractivity contribution in [2.24, 2.45) is 11.8 Å². The summed E-state index contributed by atoms with van der Waals surface area (Å²) in [5.74, 6) is 1.48. The summed E-state index contributed by atoms with van der Waals surface area (Å²) in [7, 11) is 0. The van der Waals surface area contributed by atoms with E-state index in [0.717, 1.165) is 52.0 Å². The monoisotopic (exact) mass is 358 g/mol. The van der Waals surface area contributed by atoms with Gasteiger partial charge in [0.15, 0.2) is 0 Å². The van der Waals surface area contributed by atoms with Gasteiger partial charge in [-0.25, -0.2) is 0 Å². The maximum atomic E-state index is 12.6. The molecule has 0 spiro atoms. The fourth-order valence-corrected chi connectivity index (χ4v) is 4.20. The maximum Gasteiger partial charge on any atom is 0.222 e. The molecule has 2 atom stereocenters. The molecule has 1 aromatic rings. The lowest BCUT2D eigenvalue weighted by Crippen LogP contribution is -2.42. The summed E-state index contributed by atoms with van der Waals surface area (Å²) in [6.07, 6.45) is 6.43. The Morgan fingerprint density at radius 3 is 2.69 bits per heavy atom. The van der Waals surface area contributed by atoms with Crippen LogP contribution >= 0.6 is 0 Å². The molecule has 1 amide bonds. The summed E-state index contributed by atoms with van der Waals surface area (Å²) in [5.41, 5.74) is 1.33. The van der Waals surface area contributed by atoms with E-state index in [4.69, 9.17) is 4.74 Å². The Bertz CT molecular complexity index is 534. The van der Waals surface area contributed by atoms with Crippen LogP contribution in [0.3, 0.4) is 0 Å². The van der Waals surface area contributed by atoms with Crippen molar-refractivity contribution >= 4 is 5.91 Å². The van der Waals surface area contributed by atoms with Crippen LogP contribution in [0.15, 0.2) is 30.3 Å². The number of carbonyl (C=O) groups excluding carboxylic acids is 1. The number of ether oxygens (including phenoxy) is 1. The lowest BCUT2D eigenvalue weighted by atomic mass is 9.85. The Balaban J connectivity index is 1.33. The first-order valence-corrected chi connectivity index (χ1v) is 10.4. The third-order valence-electron chi connectivity index (χ3n) is 6.02. The average Bonchev–Trinajstić information content (AvgIpc) is 2.70. The molecule has 0 aliphatic carbocycles. The summed E-state index contributed by atoms with van der Waals surface area (Å²) in [6, 6.07) is 10.5. The fourth-order valence-electron chi connectivity index (χ4n) is 4.20. The number of nitrogens with zero attached hydrogens (tertiary/aromatic N) is 1. The number of rotatable bonds is 7. The molecule has 4 nitrogen and oxygen atoms in total. The molecule has 2 fully saturated rings. The van der Waals surface area contributed by atoms with Crippen LogP contribution in [0.25, 0.3) is 0 Å². The molecule has 1 N–H and O–H groups in total. The quantitative estimate of drug-likeness (QED) is 0.813. The Labute approximate surface area is 158 Å². The van der Waals surface area contributed by atoms with Crippen LogP contribution < -0.4 is 5.32 Å². The van der Waals surface area contributed by atoms with Crippen LogP contribution in [0, 0.1) is 11.8 Å². The van der Waals surface area contributed by atoms with Crippen LogP contribution in [0.1, 0.15) is 44.6 Å². The number of hydrogen-bond acceptors (Lipinski definition) is 3. The molecule has 1 aromatic carbocycles. The van der Waals surface area contributed by atoms with Gasteiger partial charge in [0.05, 0.1) is 12.7 Å². The first-order valence-electron chi connectivity index (χ1n) is 10.4. The number of nitrogens with one attached hydrogen (secondary N) is 1. The predicted molar refractivity (Wildman–Crippen MR) is 105 cm³/mol. The molecule has 0 radical (unpaired) electrons. The van der Waals surface area contributed by atoms with Gasteiger partial charge in [-0.3, -0.25) is 4.79 Å². The van der Waals surface area contributed by atoms with Crippen LogP contribution in [0.5, 0.6) is 0 Å². The van der Waals surface area contributed by atoms with Crippen molar-refractivity contribution in [3.63, 3.8) is 0 Å². The number of carbonyl (C=O) groups is 1. The van der Waals surface area contributed by atoms with Gasteiger partial charge in [0.25, 0.3) is 0 Å². The molecule has 0 bridgehead atoms. The summed E-state index contributed by atoms with van der Waals surface area (Å²) < 4.78 is 6.04. The summed E-state index contributed by atoms with van der Waals surface area (Å²) >= 11 is 0. The van der Waals surface area contributed by atoms with E-state index in [0.29, 0.717) is 30.3 Å². The van der Waals surface area contributed by atoms with E-state index in [2.05, 4.69) is 41.4 Å². The molecular weight excluding hydrogens is 324 g/mol. The molecule has 0 aromatic heterocycles. The number of likely N-dealkylation sites (tertiary alicyclic amines) is 1. The maximum absolute atomic E-state index is 12.6. The number of amides is 1. The molecule has 2 aliphatic rings. The molecule has 2 saturated heterocycles. The number of benzene rings is 1. The molecule has 4 heteroatoms. The van der Waals surface area contributed by atoms with Crippen molar-refractivity contribution in [3.8, 4) is 0 Å². The number of hydrogen-bond donors (Lipinski definition) is 1. The highest BCUT2D eigenvalue weighted by Crippen LogP contribution is 2.24. The SMILES string of the molecule is CC(CC(=O)N1CCC(OCCc2ccccc2)CC1)C1CCCNC1. The van der Waals surface area contributed by atoms with Gasteiger partial charge in [0.2, 0.25) is 5.91 Å². The van der Waals surface area contributed by atoms with Gasteiger partial charge < -0.3 is 15.0 Å². The zero-order valence-corrected chi connectivity index (χ0v) is 16.2. The second kappa shape index (κ2) is 10.1. The molecular formula is C22H34N2O2. The molecule has 144 valence electrons. The standard InChI is InChI=1S/C22H34N2O2/c1-18(20-8-5-12-23-17-20)16-22(25)24-13-9-21(10-14-24)26-15-11-19-6-3-2-4-7-19/h2-4,6-7,18,20-21,23H,5,8-17H2,1H3. The summed E-state index contributed by atoms with van der Waals surface area (Å²) in [4.78, 5) is 14.7. The lowest BCUT2D eigenvalue weighted by molar-refractivity contribution is -0.135. The minimum absolute atomic E-state index is 0.308. The highest BCUT2D eigenvalue weighted by Gasteiger charge is 2.27. The molecule has 26 heavy (non-hydrogen) atoms. The Morgan fingerprint density at radius 2 is 2.00 bits per heavy atom. The van der Waals surface area contributed by atoms with Gasteiger partial charge in [0, 0.05) is 19.5 Å². The third-order valence-corrected chi connectivity index (χ3v) is 6.02. The van der Waals surface area contributed by atoms with E-state index in [9.17, 15) is 4.79 Å². The Morgan fingerprint density at radius 1 is 1.23 bits per heavy atom. The third kappa shape index (κ3) is 5.82. The van der Waals surface area contributed by atoms with Crippen molar-refractivity contribution in [2.75, 3.05) is 32.8 Å². The highest BCUT2D eigenvalue weighted by molar-refractivity contribution is 5.76. The van der Waals surface area contributed by atoms with E-state index >= 15 is 0 Å². The van der Waals surface area contributed by atoms with Gasteiger partial charge in [-0.15, -0.1) is 0 Å². The second-order valence-electron chi connectivity index (χ2n) is 7.97. The first-order chi connectivity index (χ1) is 12.7. The van der Waals surface area contributed by atoms with Crippen molar-refractivity contribution < 1.29 is 9.53 Å². The molecule has 3 rings (SSSR count). The normalized spacial score (nSPS) is 23.0. The average molecular weight is 359 g/mol. The van der Waals surface area contributed by atoms with E-state index in [1.165, 1.54) is 18.4 Å². The summed E-state index contributed by atoms with van der Waals surface area (Å²) in [6.45, 7) is 6.93. The molecule has 2 unspecified atom stereocenters. The largest absolute Gasteiger partial charge is 0.378 e.